The minimum absolute atomic E-state index is 0.157. The highest BCUT2D eigenvalue weighted by molar-refractivity contribution is 5.48. The Morgan fingerprint density at radius 1 is 1.14 bits per heavy atom. The first-order chi connectivity index (χ1) is 6.45. The van der Waals surface area contributed by atoms with Crippen LogP contribution >= 0.6 is 0 Å². The minimum atomic E-state index is 0.157. The number of nitrogens with zero attached hydrogens (tertiary/aromatic N) is 1. The lowest BCUT2D eigenvalue weighted by Gasteiger charge is -2.34. The summed E-state index contributed by atoms with van der Waals surface area (Å²) in [4.78, 5) is 2.26. The second kappa shape index (κ2) is 4.01. The highest BCUT2D eigenvalue weighted by Crippen LogP contribution is 2.21. The van der Waals surface area contributed by atoms with Crippen LogP contribution in [0, 0.1) is 0 Å². The summed E-state index contributed by atoms with van der Waals surface area (Å²) in [7, 11) is 2.11. The van der Waals surface area contributed by atoms with Crippen molar-refractivity contribution in [3.63, 3.8) is 0 Å². The molecule has 0 unspecified atom stereocenters. The fraction of sp³-hybridized carbons (Fsp3) is 0.500. The molecule has 0 aromatic heterocycles. The summed E-state index contributed by atoms with van der Waals surface area (Å²) in [5.74, 6) is 0. The number of benzene rings is 1. The lowest BCUT2D eigenvalue weighted by Crippen LogP contribution is -2.37. The van der Waals surface area contributed by atoms with Crippen LogP contribution < -0.4 is 10.6 Å². The first-order valence-corrected chi connectivity index (χ1v) is 4.98. The molecule has 0 radical (unpaired) electrons. The summed E-state index contributed by atoms with van der Waals surface area (Å²) in [6.07, 6.45) is 0. The van der Waals surface area contributed by atoms with Crippen molar-refractivity contribution in [2.45, 2.75) is 32.9 Å². The normalized spacial score (nSPS) is 11.5. The molecule has 0 aliphatic rings. The predicted octanol–water partition coefficient (Wildman–Crippen LogP) is 2.38. The Balaban J connectivity index is 2.87. The SMILES string of the molecule is CN(c1ccc(CN)cc1)C(C)(C)C. The summed E-state index contributed by atoms with van der Waals surface area (Å²) >= 11 is 0. The van der Waals surface area contributed by atoms with Gasteiger partial charge in [-0.2, -0.15) is 0 Å². The molecule has 78 valence electrons. The van der Waals surface area contributed by atoms with Gasteiger partial charge in [-0.15, -0.1) is 0 Å². The Hall–Kier alpha value is -1.02. The molecular weight excluding hydrogens is 172 g/mol. The summed E-state index contributed by atoms with van der Waals surface area (Å²) < 4.78 is 0. The molecule has 0 bridgehead atoms. The molecular formula is C12H20N2. The lowest BCUT2D eigenvalue weighted by molar-refractivity contribution is 0.539. The first-order valence-electron chi connectivity index (χ1n) is 4.98. The zero-order chi connectivity index (χ0) is 10.8. The zero-order valence-corrected chi connectivity index (χ0v) is 9.54. The topological polar surface area (TPSA) is 29.3 Å². The van der Waals surface area contributed by atoms with E-state index in [-0.39, 0.29) is 5.54 Å². The second-order valence-corrected chi connectivity index (χ2v) is 4.60. The van der Waals surface area contributed by atoms with E-state index >= 15 is 0 Å². The molecule has 1 aromatic carbocycles. The Bertz CT molecular complexity index is 282. The molecule has 0 fully saturated rings. The number of nitrogens with two attached hydrogens (primary N) is 1. The standard InChI is InChI=1S/C12H20N2/c1-12(2,3)14(4)11-7-5-10(9-13)6-8-11/h5-8H,9,13H2,1-4H3. The largest absolute Gasteiger partial charge is 0.370 e. The van der Waals surface area contributed by atoms with Crippen molar-refractivity contribution in [1.82, 2.24) is 0 Å². The average Bonchev–Trinajstić information content (AvgIpc) is 2.15. The van der Waals surface area contributed by atoms with E-state index in [1.54, 1.807) is 0 Å². The van der Waals surface area contributed by atoms with Crippen molar-refractivity contribution in [3.8, 4) is 0 Å². The van der Waals surface area contributed by atoms with Gasteiger partial charge < -0.3 is 10.6 Å². The van der Waals surface area contributed by atoms with Gasteiger partial charge in [0.1, 0.15) is 0 Å². The van der Waals surface area contributed by atoms with E-state index in [2.05, 4.69) is 57.0 Å². The van der Waals surface area contributed by atoms with Crippen molar-refractivity contribution < 1.29 is 0 Å². The van der Waals surface area contributed by atoms with Gasteiger partial charge in [0.05, 0.1) is 0 Å². The van der Waals surface area contributed by atoms with Crippen molar-refractivity contribution in [3.05, 3.63) is 29.8 Å². The van der Waals surface area contributed by atoms with Crippen LogP contribution in [0.2, 0.25) is 0 Å². The number of hydrogen-bond acceptors (Lipinski definition) is 2. The van der Waals surface area contributed by atoms with Crippen LogP contribution in [-0.4, -0.2) is 12.6 Å². The van der Waals surface area contributed by atoms with Crippen LogP contribution in [-0.2, 0) is 6.54 Å². The molecule has 0 aliphatic heterocycles. The van der Waals surface area contributed by atoms with Crippen LogP contribution in [0.3, 0.4) is 0 Å². The molecule has 2 heteroatoms. The maximum Gasteiger partial charge on any atom is 0.0368 e. The summed E-state index contributed by atoms with van der Waals surface area (Å²) in [6.45, 7) is 7.21. The van der Waals surface area contributed by atoms with E-state index in [4.69, 9.17) is 5.73 Å². The molecule has 0 aliphatic carbocycles. The van der Waals surface area contributed by atoms with Crippen LogP contribution in [0.15, 0.2) is 24.3 Å². The van der Waals surface area contributed by atoms with Gasteiger partial charge >= 0.3 is 0 Å². The quantitative estimate of drug-likeness (QED) is 0.779. The van der Waals surface area contributed by atoms with Crippen molar-refractivity contribution in [2.24, 2.45) is 5.73 Å². The highest BCUT2D eigenvalue weighted by Gasteiger charge is 2.16. The average molecular weight is 192 g/mol. The van der Waals surface area contributed by atoms with Gasteiger partial charge in [0, 0.05) is 24.8 Å². The third-order valence-electron chi connectivity index (χ3n) is 2.57. The Labute approximate surface area is 86.7 Å². The maximum atomic E-state index is 5.55. The van der Waals surface area contributed by atoms with E-state index in [9.17, 15) is 0 Å². The van der Waals surface area contributed by atoms with Gasteiger partial charge in [-0.3, -0.25) is 0 Å². The molecule has 2 N–H and O–H groups in total. The van der Waals surface area contributed by atoms with Gasteiger partial charge in [0.15, 0.2) is 0 Å². The number of hydrogen-bond donors (Lipinski definition) is 1. The van der Waals surface area contributed by atoms with Gasteiger partial charge in [-0.1, -0.05) is 12.1 Å². The molecule has 14 heavy (non-hydrogen) atoms. The molecule has 1 rings (SSSR count). The fourth-order valence-corrected chi connectivity index (χ4v) is 1.24. The smallest absolute Gasteiger partial charge is 0.0368 e. The lowest BCUT2D eigenvalue weighted by atomic mass is 10.1. The Morgan fingerprint density at radius 3 is 2.00 bits per heavy atom. The third-order valence-corrected chi connectivity index (χ3v) is 2.57. The van der Waals surface area contributed by atoms with Gasteiger partial charge in [0.2, 0.25) is 0 Å². The molecule has 0 heterocycles. The van der Waals surface area contributed by atoms with Crippen molar-refractivity contribution in [2.75, 3.05) is 11.9 Å². The molecule has 2 nitrogen and oxygen atoms in total. The molecule has 0 saturated carbocycles. The van der Waals surface area contributed by atoms with Crippen molar-refractivity contribution >= 4 is 5.69 Å². The fourth-order valence-electron chi connectivity index (χ4n) is 1.24. The zero-order valence-electron chi connectivity index (χ0n) is 9.54. The van der Waals surface area contributed by atoms with Crippen LogP contribution in [0.1, 0.15) is 26.3 Å². The molecule has 0 spiro atoms. The molecule has 0 atom stereocenters. The van der Waals surface area contributed by atoms with Crippen LogP contribution in [0.4, 0.5) is 5.69 Å². The first kappa shape index (κ1) is 11.1. The number of rotatable bonds is 2. The van der Waals surface area contributed by atoms with Gasteiger partial charge in [-0.25, -0.2) is 0 Å². The van der Waals surface area contributed by atoms with Crippen molar-refractivity contribution in [1.29, 1.82) is 0 Å². The maximum absolute atomic E-state index is 5.55. The summed E-state index contributed by atoms with van der Waals surface area (Å²) in [5, 5.41) is 0. The van der Waals surface area contributed by atoms with Gasteiger partial charge in [-0.05, 0) is 38.5 Å². The van der Waals surface area contributed by atoms with E-state index in [0.29, 0.717) is 6.54 Å². The van der Waals surface area contributed by atoms with E-state index in [1.165, 1.54) is 11.3 Å². The van der Waals surface area contributed by atoms with Gasteiger partial charge in [0.25, 0.3) is 0 Å². The Morgan fingerprint density at radius 2 is 1.64 bits per heavy atom. The molecule has 1 aromatic rings. The van der Waals surface area contributed by atoms with Crippen LogP contribution in [0.5, 0.6) is 0 Å². The molecule has 0 saturated heterocycles. The third kappa shape index (κ3) is 2.48. The summed E-state index contributed by atoms with van der Waals surface area (Å²) in [5.41, 5.74) is 8.11. The second-order valence-electron chi connectivity index (χ2n) is 4.60. The predicted molar refractivity (Wildman–Crippen MR) is 62.5 cm³/mol. The summed E-state index contributed by atoms with van der Waals surface area (Å²) in [6, 6.07) is 8.40. The van der Waals surface area contributed by atoms with E-state index < -0.39 is 0 Å². The van der Waals surface area contributed by atoms with E-state index in [0.717, 1.165) is 0 Å². The highest BCUT2D eigenvalue weighted by atomic mass is 15.2. The number of anilines is 1. The minimum Gasteiger partial charge on any atom is -0.370 e. The monoisotopic (exact) mass is 192 g/mol. The van der Waals surface area contributed by atoms with E-state index in [1.807, 2.05) is 0 Å². The molecule has 0 amide bonds. The Kier molecular flexibility index (Phi) is 3.17. The van der Waals surface area contributed by atoms with Crippen LogP contribution in [0.25, 0.3) is 0 Å².